The van der Waals surface area contributed by atoms with Crippen LogP contribution in [0, 0.1) is 6.92 Å². The molecule has 19 heavy (non-hydrogen) atoms. The fraction of sp³-hybridized carbons (Fsp3) is 0.200. The van der Waals surface area contributed by atoms with Gasteiger partial charge in [0.25, 0.3) is 0 Å². The van der Waals surface area contributed by atoms with Crippen LogP contribution in [0.3, 0.4) is 0 Å². The van der Waals surface area contributed by atoms with Gasteiger partial charge in [-0.3, -0.25) is 0 Å². The number of hydrogen-bond donors (Lipinski definition) is 0. The highest BCUT2D eigenvalue weighted by Crippen LogP contribution is 2.08. The van der Waals surface area contributed by atoms with Crippen molar-refractivity contribution in [2.75, 3.05) is 7.11 Å². The Morgan fingerprint density at radius 3 is 2.68 bits per heavy atom. The van der Waals surface area contributed by atoms with Crippen molar-refractivity contribution < 1.29 is 9.53 Å². The van der Waals surface area contributed by atoms with Gasteiger partial charge in [-0.2, -0.15) is 0 Å². The highest BCUT2D eigenvalue weighted by Gasteiger charge is 1.97. The summed E-state index contributed by atoms with van der Waals surface area (Å²) in [5.41, 5.74) is 3.17. The lowest BCUT2D eigenvalue weighted by Crippen LogP contribution is -1.96. The first-order valence-electron chi connectivity index (χ1n) is 6.01. The second-order valence-electron chi connectivity index (χ2n) is 4.29. The molecule has 0 spiro atoms. The first-order chi connectivity index (χ1) is 9.17. The van der Waals surface area contributed by atoms with Crippen molar-refractivity contribution in [1.82, 2.24) is 9.55 Å². The summed E-state index contributed by atoms with van der Waals surface area (Å²) in [6.07, 6.45) is 6.97. The predicted octanol–water partition coefficient (Wildman–Crippen LogP) is 2.43. The molecular weight excluding hydrogens is 240 g/mol. The van der Waals surface area contributed by atoms with Crippen molar-refractivity contribution in [2.45, 2.75) is 13.5 Å². The molecule has 98 valence electrons. The van der Waals surface area contributed by atoms with Gasteiger partial charge in [0.05, 0.1) is 19.1 Å². The third-order valence-corrected chi connectivity index (χ3v) is 2.72. The van der Waals surface area contributed by atoms with Crippen LogP contribution in [0.25, 0.3) is 6.08 Å². The van der Waals surface area contributed by atoms with Gasteiger partial charge in [0.1, 0.15) is 0 Å². The molecule has 1 aromatic carbocycles. The molecule has 0 aliphatic carbocycles. The van der Waals surface area contributed by atoms with E-state index < -0.39 is 0 Å². The van der Waals surface area contributed by atoms with E-state index in [9.17, 15) is 4.79 Å². The van der Waals surface area contributed by atoms with Crippen LogP contribution < -0.4 is 0 Å². The van der Waals surface area contributed by atoms with Crippen LogP contribution >= 0.6 is 0 Å². The second-order valence-corrected chi connectivity index (χ2v) is 4.29. The molecule has 0 unspecified atom stereocenters. The van der Waals surface area contributed by atoms with E-state index >= 15 is 0 Å². The summed E-state index contributed by atoms with van der Waals surface area (Å²) >= 11 is 0. The maximum atomic E-state index is 11.0. The molecule has 4 nitrogen and oxygen atoms in total. The van der Waals surface area contributed by atoms with Gasteiger partial charge in [-0.1, -0.05) is 24.3 Å². The molecule has 2 rings (SSSR count). The van der Waals surface area contributed by atoms with Crippen molar-refractivity contribution in [3.63, 3.8) is 0 Å². The molecule has 0 aliphatic rings. The van der Waals surface area contributed by atoms with Crippen LogP contribution in [0.4, 0.5) is 0 Å². The largest absolute Gasteiger partial charge is 0.466 e. The summed E-state index contributed by atoms with van der Waals surface area (Å²) in [5.74, 6) is -0.349. The molecule has 0 amide bonds. The van der Waals surface area contributed by atoms with Crippen LogP contribution in [0.15, 0.2) is 42.9 Å². The summed E-state index contributed by atoms with van der Waals surface area (Å²) in [4.78, 5) is 15.2. The number of aromatic nitrogens is 2. The zero-order valence-corrected chi connectivity index (χ0v) is 11.0. The van der Waals surface area contributed by atoms with E-state index in [1.165, 1.54) is 18.7 Å². The van der Waals surface area contributed by atoms with Crippen molar-refractivity contribution >= 4 is 12.0 Å². The van der Waals surface area contributed by atoms with Gasteiger partial charge in [-0.05, 0) is 24.1 Å². The lowest BCUT2D eigenvalue weighted by molar-refractivity contribution is -0.134. The SMILES string of the molecule is COC(=O)C=Cc1ccc(Cn2cnc(C)c2)cc1. The molecule has 1 heterocycles. The number of hydrogen-bond acceptors (Lipinski definition) is 3. The van der Waals surface area contributed by atoms with Crippen LogP contribution in [0.5, 0.6) is 0 Å². The van der Waals surface area contributed by atoms with Gasteiger partial charge in [-0.25, -0.2) is 9.78 Å². The Kier molecular flexibility index (Phi) is 4.13. The van der Waals surface area contributed by atoms with E-state index in [0.717, 1.165) is 17.8 Å². The molecule has 0 saturated heterocycles. The predicted molar refractivity (Wildman–Crippen MR) is 73.6 cm³/mol. The Bertz CT molecular complexity index is 582. The van der Waals surface area contributed by atoms with Gasteiger partial charge in [0.15, 0.2) is 0 Å². The molecule has 4 heteroatoms. The van der Waals surface area contributed by atoms with Crippen LogP contribution in [-0.4, -0.2) is 22.6 Å². The number of rotatable bonds is 4. The Labute approximate surface area is 112 Å². The number of nitrogens with zero attached hydrogens (tertiary/aromatic N) is 2. The number of aryl methyl sites for hydroxylation is 1. The Morgan fingerprint density at radius 2 is 2.11 bits per heavy atom. The number of carbonyl (C=O) groups excluding carboxylic acids is 1. The van der Waals surface area contributed by atoms with Crippen LogP contribution in [0.2, 0.25) is 0 Å². The summed E-state index contributed by atoms with van der Waals surface area (Å²) in [5, 5.41) is 0. The Balaban J connectivity index is 2.02. The van der Waals surface area contributed by atoms with E-state index in [-0.39, 0.29) is 5.97 Å². The summed E-state index contributed by atoms with van der Waals surface area (Å²) < 4.78 is 6.58. The lowest BCUT2D eigenvalue weighted by Gasteiger charge is -2.02. The summed E-state index contributed by atoms with van der Waals surface area (Å²) in [6, 6.07) is 8.01. The van der Waals surface area contributed by atoms with Gasteiger partial charge >= 0.3 is 5.97 Å². The van der Waals surface area contributed by atoms with E-state index in [2.05, 4.69) is 9.72 Å². The summed E-state index contributed by atoms with van der Waals surface area (Å²) in [7, 11) is 1.36. The standard InChI is InChI=1S/C15H16N2O2/c1-12-9-17(11-16-12)10-14-5-3-13(4-6-14)7-8-15(18)19-2/h3-9,11H,10H2,1-2H3. The number of ether oxygens (including phenoxy) is 1. The van der Waals surface area contributed by atoms with Crippen molar-refractivity contribution in [1.29, 1.82) is 0 Å². The fourth-order valence-electron chi connectivity index (χ4n) is 1.74. The minimum atomic E-state index is -0.349. The van der Waals surface area contributed by atoms with E-state index in [4.69, 9.17) is 0 Å². The topological polar surface area (TPSA) is 44.1 Å². The molecule has 1 aromatic heterocycles. The third kappa shape index (κ3) is 3.81. The lowest BCUT2D eigenvalue weighted by atomic mass is 10.1. The van der Waals surface area contributed by atoms with E-state index in [1.807, 2.05) is 48.3 Å². The monoisotopic (exact) mass is 256 g/mol. The number of esters is 1. The molecule has 0 aliphatic heterocycles. The minimum absolute atomic E-state index is 0.349. The molecule has 2 aromatic rings. The van der Waals surface area contributed by atoms with Crippen LogP contribution in [-0.2, 0) is 16.1 Å². The smallest absolute Gasteiger partial charge is 0.330 e. The van der Waals surface area contributed by atoms with Crippen LogP contribution in [0.1, 0.15) is 16.8 Å². The average molecular weight is 256 g/mol. The average Bonchev–Trinajstić information content (AvgIpc) is 2.83. The van der Waals surface area contributed by atoms with E-state index in [1.54, 1.807) is 6.08 Å². The normalized spacial score (nSPS) is 10.8. The van der Waals surface area contributed by atoms with Crippen molar-refractivity contribution in [3.05, 3.63) is 59.7 Å². The van der Waals surface area contributed by atoms with E-state index in [0.29, 0.717) is 0 Å². The zero-order chi connectivity index (χ0) is 13.7. The molecular formula is C15H16N2O2. The van der Waals surface area contributed by atoms with Crippen molar-refractivity contribution in [3.8, 4) is 0 Å². The molecule has 0 atom stereocenters. The molecule has 0 radical (unpaired) electrons. The first kappa shape index (κ1) is 13.1. The quantitative estimate of drug-likeness (QED) is 0.623. The molecule has 0 fully saturated rings. The molecule has 0 bridgehead atoms. The van der Waals surface area contributed by atoms with Gasteiger partial charge < -0.3 is 9.30 Å². The fourth-order valence-corrected chi connectivity index (χ4v) is 1.74. The third-order valence-electron chi connectivity index (χ3n) is 2.72. The number of imidazole rings is 1. The van der Waals surface area contributed by atoms with Crippen molar-refractivity contribution in [2.24, 2.45) is 0 Å². The molecule has 0 saturated carbocycles. The second kappa shape index (κ2) is 6.00. The Hall–Kier alpha value is -2.36. The number of benzene rings is 1. The highest BCUT2D eigenvalue weighted by molar-refractivity contribution is 5.86. The first-order valence-corrected chi connectivity index (χ1v) is 6.01. The Morgan fingerprint density at radius 1 is 1.37 bits per heavy atom. The number of methoxy groups -OCH3 is 1. The van der Waals surface area contributed by atoms with Gasteiger partial charge in [0, 0.05) is 18.8 Å². The minimum Gasteiger partial charge on any atom is -0.466 e. The van der Waals surface area contributed by atoms with Gasteiger partial charge in [0.2, 0.25) is 0 Å². The zero-order valence-electron chi connectivity index (χ0n) is 11.0. The summed E-state index contributed by atoms with van der Waals surface area (Å²) in [6.45, 7) is 2.76. The number of carbonyl (C=O) groups is 1. The highest BCUT2D eigenvalue weighted by atomic mass is 16.5. The maximum Gasteiger partial charge on any atom is 0.330 e. The van der Waals surface area contributed by atoms with Gasteiger partial charge in [-0.15, -0.1) is 0 Å². The molecule has 0 N–H and O–H groups in total. The maximum absolute atomic E-state index is 11.0.